The fourth-order valence-corrected chi connectivity index (χ4v) is 8.82. The third-order valence-corrected chi connectivity index (χ3v) is 10.6. The van der Waals surface area contributed by atoms with Crippen molar-refractivity contribution in [3.05, 3.63) is 35.5 Å². The highest BCUT2D eigenvalue weighted by Crippen LogP contribution is 2.65. The van der Waals surface area contributed by atoms with Crippen LogP contribution in [0.3, 0.4) is 0 Å². The highest BCUT2D eigenvalue weighted by atomic mass is 16.5. The molecule has 7 atom stereocenters. The summed E-state index contributed by atoms with van der Waals surface area (Å²) in [4.78, 5) is 0. The van der Waals surface area contributed by atoms with E-state index < -0.39 is 0 Å². The van der Waals surface area contributed by atoms with Gasteiger partial charge in [-0.05, 0) is 110 Å². The quantitative estimate of drug-likeness (QED) is 0.687. The molecule has 0 aliphatic heterocycles. The maximum absolute atomic E-state index is 10.8. The van der Waals surface area contributed by atoms with Gasteiger partial charge in [-0.15, -0.1) is 0 Å². The first kappa shape index (κ1) is 20.8. The third kappa shape index (κ3) is 2.74. The Morgan fingerprint density at radius 1 is 1.00 bits per heavy atom. The zero-order valence-corrected chi connectivity index (χ0v) is 20.1. The summed E-state index contributed by atoms with van der Waals surface area (Å²) in [6, 6.07) is 8.48. The summed E-state index contributed by atoms with van der Waals surface area (Å²) in [7, 11) is 3.83. The molecule has 32 heavy (non-hydrogen) atoms. The molecule has 3 fully saturated rings. The minimum Gasteiger partial charge on any atom is -0.497 e. The highest BCUT2D eigenvalue weighted by Gasteiger charge is 2.60. The molecule has 1 aromatic carbocycles. The molecule has 4 nitrogen and oxygen atoms in total. The number of nitrogens with zero attached hydrogens (tertiary/aromatic N) is 2. The number of benzene rings is 1. The second-order valence-electron chi connectivity index (χ2n) is 11.8. The molecule has 0 radical (unpaired) electrons. The van der Waals surface area contributed by atoms with Crippen molar-refractivity contribution in [1.29, 1.82) is 0 Å². The summed E-state index contributed by atoms with van der Waals surface area (Å²) in [5.74, 6) is 3.92. The minimum absolute atomic E-state index is 0.0862. The fraction of sp³-hybridized carbons (Fsp3) is 0.679. The van der Waals surface area contributed by atoms with Crippen molar-refractivity contribution < 1.29 is 9.84 Å². The Kier molecular flexibility index (Phi) is 4.60. The van der Waals surface area contributed by atoms with Crippen LogP contribution in [0.4, 0.5) is 0 Å². The van der Waals surface area contributed by atoms with Crippen LogP contribution >= 0.6 is 0 Å². The molecule has 6 rings (SSSR count). The van der Waals surface area contributed by atoms with E-state index in [1.165, 1.54) is 54.6 Å². The number of aryl methyl sites for hydroxylation is 1. The van der Waals surface area contributed by atoms with Gasteiger partial charge in [0.2, 0.25) is 0 Å². The molecule has 0 saturated heterocycles. The molecule has 1 N–H and O–H groups in total. The topological polar surface area (TPSA) is 47.3 Å². The van der Waals surface area contributed by atoms with Crippen LogP contribution in [0.2, 0.25) is 0 Å². The number of aliphatic hydroxyl groups is 1. The Morgan fingerprint density at radius 3 is 2.50 bits per heavy atom. The SMILES string of the molecule is COc1ccc(-c2c3c(nn2C)C[C@@H]2CC[C@@H]4[C@H](CC[C@]5(C)[C@@H](O)CC[C@@H]45)[C@@]2(C)C3)cc1. The van der Waals surface area contributed by atoms with Crippen molar-refractivity contribution in [2.45, 2.75) is 71.3 Å². The van der Waals surface area contributed by atoms with E-state index in [0.717, 1.165) is 42.8 Å². The summed E-state index contributed by atoms with van der Waals surface area (Å²) >= 11 is 0. The second kappa shape index (κ2) is 7.09. The molecular formula is C28H38N2O2. The normalized spacial score (nSPS) is 40.2. The van der Waals surface area contributed by atoms with E-state index in [-0.39, 0.29) is 11.5 Å². The van der Waals surface area contributed by atoms with Gasteiger partial charge in [0.05, 0.1) is 24.6 Å². The van der Waals surface area contributed by atoms with Crippen LogP contribution in [0, 0.1) is 34.5 Å². The van der Waals surface area contributed by atoms with Crippen LogP contribution in [0.5, 0.6) is 5.75 Å². The lowest BCUT2D eigenvalue weighted by Crippen LogP contribution is -2.54. The molecule has 2 aromatic rings. The fourth-order valence-electron chi connectivity index (χ4n) is 8.82. The van der Waals surface area contributed by atoms with Crippen LogP contribution in [0.1, 0.15) is 63.6 Å². The standard InChI is InChI=1S/C28H38N2O2/c1-27-14-13-23-20(22(27)11-12-25(27)31)10-7-18-15-24-21(16-28(18,23)2)26(30(3)29-24)17-5-8-19(32-4)9-6-17/h5-6,8-9,18,20,22-23,25,31H,7,10-16H2,1-4H3/t18-,20-,22-,23-,25-,27-,28-/m0/s1. The highest BCUT2D eigenvalue weighted by molar-refractivity contribution is 5.66. The van der Waals surface area contributed by atoms with E-state index in [4.69, 9.17) is 9.84 Å². The number of hydrogen-bond acceptors (Lipinski definition) is 3. The maximum Gasteiger partial charge on any atom is 0.118 e. The predicted molar refractivity (Wildman–Crippen MR) is 126 cm³/mol. The van der Waals surface area contributed by atoms with Crippen LogP contribution in [-0.4, -0.2) is 28.1 Å². The maximum atomic E-state index is 10.8. The van der Waals surface area contributed by atoms with Crippen molar-refractivity contribution in [3.63, 3.8) is 0 Å². The monoisotopic (exact) mass is 434 g/mol. The number of hydrogen-bond donors (Lipinski definition) is 1. The van der Waals surface area contributed by atoms with E-state index in [1.54, 1.807) is 7.11 Å². The Balaban J connectivity index is 1.37. The molecule has 1 aromatic heterocycles. The molecule has 0 unspecified atom stereocenters. The van der Waals surface area contributed by atoms with Gasteiger partial charge in [-0.1, -0.05) is 13.8 Å². The first-order valence-electron chi connectivity index (χ1n) is 12.7. The average molecular weight is 435 g/mol. The molecule has 4 heteroatoms. The minimum atomic E-state index is -0.0862. The van der Waals surface area contributed by atoms with Gasteiger partial charge < -0.3 is 9.84 Å². The van der Waals surface area contributed by atoms with E-state index in [9.17, 15) is 5.11 Å². The van der Waals surface area contributed by atoms with Crippen molar-refractivity contribution in [3.8, 4) is 17.0 Å². The molecule has 4 aliphatic carbocycles. The first-order chi connectivity index (χ1) is 15.3. The van der Waals surface area contributed by atoms with E-state index in [2.05, 4.69) is 49.8 Å². The molecule has 0 spiro atoms. The van der Waals surface area contributed by atoms with E-state index in [1.807, 2.05) is 0 Å². The van der Waals surface area contributed by atoms with Gasteiger partial charge >= 0.3 is 0 Å². The second-order valence-corrected chi connectivity index (χ2v) is 11.8. The van der Waals surface area contributed by atoms with Crippen molar-refractivity contribution in [2.24, 2.45) is 41.5 Å². The van der Waals surface area contributed by atoms with Gasteiger partial charge in [-0.2, -0.15) is 5.10 Å². The van der Waals surface area contributed by atoms with Crippen molar-refractivity contribution >= 4 is 0 Å². The van der Waals surface area contributed by atoms with Gasteiger partial charge in [-0.3, -0.25) is 4.68 Å². The lowest BCUT2D eigenvalue weighted by atomic mass is 9.45. The van der Waals surface area contributed by atoms with Gasteiger partial charge in [0.1, 0.15) is 5.75 Å². The molecule has 0 amide bonds. The largest absolute Gasteiger partial charge is 0.497 e. The van der Waals surface area contributed by atoms with Gasteiger partial charge in [0, 0.05) is 18.2 Å². The zero-order valence-electron chi connectivity index (χ0n) is 20.1. The molecule has 0 bridgehead atoms. The molecular weight excluding hydrogens is 396 g/mol. The van der Waals surface area contributed by atoms with Gasteiger partial charge in [0.25, 0.3) is 0 Å². The van der Waals surface area contributed by atoms with Crippen LogP contribution in [0.25, 0.3) is 11.3 Å². The average Bonchev–Trinajstić information content (AvgIpc) is 3.26. The lowest BCUT2D eigenvalue weighted by molar-refractivity contribution is -0.111. The third-order valence-electron chi connectivity index (χ3n) is 10.6. The lowest BCUT2D eigenvalue weighted by Gasteiger charge is -2.60. The number of ether oxygens (including phenoxy) is 1. The Bertz CT molecular complexity index is 1030. The van der Waals surface area contributed by atoms with Gasteiger partial charge in [0.15, 0.2) is 0 Å². The number of aromatic nitrogens is 2. The van der Waals surface area contributed by atoms with Crippen LogP contribution < -0.4 is 4.74 Å². The predicted octanol–water partition coefficient (Wildman–Crippen LogP) is 5.41. The molecule has 172 valence electrons. The Labute approximate surface area is 192 Å². The number of aliphatic hydroxyl groups excluding tert-OH is 1. The van der Waals surface area contributed by atoms with E-state index in [0.29, 0.717) is 11.3 Å². The van der Waals surface area contributed by atoms with Crippen LogP contribution in [0.15, 0.2) is 24.3 Å². The molecule has 4 aliphatic rings. The summed E-state index contributed by atoms with van der Waals surface area (Å²) in [6.07, 6.45) is 9.60. The van der Waals surface area contributed by atoms with Gasteiger partial charge in [-0.25, -0.2) is 0 Å². The summed E-state index contributed by atoms with van der Waals surface area (Å²) in [6.45, 7) is 5.00. The molecule has 3 saturated carbocycles. The number of fused-ring (bicyclic) bond motifs is 6. The number of rotatable bonds is 2. The Hall–Kier alpha value is -1.81. The smallest absolute Gasteiger partial charge is 0.118 e. The molecule has 1 heterocycles. The summed E-state index contributed by atoms with van der Waals surface area (Å²) < 4.78 is 7.51. The van der Waals surface area contributed by atoms with Crippen LogP contribution in [-0.2, 0) is 19.9 Å². The number of methoxy groups -OCH3 is 1. The zero-order chi connectivity index (χ0) is 22.3. The van der Waals surface area contributed by atoms with E-state index >= 15 is 0 Å². The Morgan fingerprint density at radius 2 is 1.75 bits per heavy atom. The van der Waals surface area contributed by atoms with Crippen molar-refractivity contribution in [2.75, 3.05) is 7.11 Å². The summed E-state index contributed by atoms with van der Waals surface area (Å²) in [5.41, 5.74) is 5.85. The first-order valence-corrected chi connectivity index (χ1v) is 12.7. The summed E-state index contributed by atoms with van der Waals surface area (Å²) in [5, 5.41) is 15.8. The van der Waals surface area contributed by atoms with Crippen molar-refractivity contribution in [1.82, 2.24) is 9.78 Å².